The third-order valence-electron chi connectivity index (χ3n) is 4.93. The van der Waals surface area contributed by atoms with Gasteiger partial charge in [-0.05, 0) is 49.6 Å². The Kier molecular flexibility index (Phi) is 11.0. The van der Waals surface area contributed by atoms with Gasteiger partial charge in [-0.3, -0.25) is 9.89 Å². The lowest BCUT2D eigenvalue weighted by Gasteiger charge is -2.26. The van der Waals surface area contributed by atoms with Crippen LogP contribution in [0.4, 0.5) is 0 Å². The third kappa shape index (κ3) is 8.31. The van der Waals surface area contributed by atoms with Gasteiger partial charge in [0.2, 0.25) is 0 Å². The topological polar surface area (TPSA) is 66.7 Å². The van der Waals surface area contributed by atoms with Gasteiger partial charge in [-0.25, -0.2) is 4.68 Å². The van der Waals surface area contributed by atoms with Crippen LogP contribution in [0.25, 0.3) is 5.69 Å². The molecule has 1 saturated heterocycles. The van der Waals surface area contributed by atoms with E-state index in [4.69, 9.17) is 4.74 Å². The first-order valence-electron chi connectivity index (χ1n) is 10.2. The molecule has 2 aromatic rings. The van der Waals surface area contributed by atoms with Crippen molar-refractivity contribution in [1.82, 2.24) is 25.3 Å². The predicted octanol–water partition coefficient (Wildman–Crippen LogP) is 2.31. The van der Waals surface area contributed by atoms with Crippen LogP contribution in [0.3, 0.4) is 0 Å². The first-order valence-corrected chi connectivity index (χ1v) is 10.2. The van der Waals surface area contributed by atoms with Gasteiger partial charge in [-0.2, -0.15) is 5.10 Å². The molecule has 0 amide bonds. The van der Waals surface area contributed by atoms with E-state index < -0.39 is 0 Å². The molecule has 1 aromatic heterocycles. The molecule has 2 N–H and O–H groups in total. The van der Waals surface area contributed by atoms with Gasteiger partial charge in [-0.1, -0.05) is 12.1 Å². The number of ether oxygens (including phenoxy) is 1. The monoisotopic (exact) mass is 512 g/mol. The molecule has 0 unspecified atom stereocenters. The molecule has 1 fully saturated rings. The molecule has 29 heavy (non-hydrogen) atoms. The van der Waals surface area contributed by atoms with E-state index in [0.29, 0.717) is 0 Å². The Bertz CT molecular complexity index is 698. The average molecular weight is 512 g/mol. The number of rotatable bonds is 9. The molecule has 3 rings (SSSR count). The molecule has 1 aromatic carbocycles. The summed E-state index contributed by atoms with van der Waals surface area (Å²) in [6.45, 7) is 6.85. The van der Waals surface area contributed by atoms with Crippen molar-refractivity contribution in [1.29, 1.82) is 0 Å². The van der Waals surface area contributed by atoms with Crippen LogP contribution in [-0.2, 0) is 11.2 Å². The highest BCUT2D eigenvalue weighted by Gasteiger charge is 2.09. The molecule has 1 aliphatic heterocycles. The number of aromatic nitrogens is 2. The summed E-state index contributed by atoms with van der Waals surface area (Å²) < 4.78 is 7.25. The van der Waals surface area contributed by atoms with Crippen molar-refractivity contribution < 1.29 is 4.74 Å². The van der Waals surface area contributed by atoms with Crippen molar-refractivity contribution in [2.24, 2.45) is 4.99 Å². The molecule has 0 saturated carbocycles. The molecular formula is C21H33IN6O. The van der Waals surface area contributed by atoms with E-state index in [2.05, 4.69) is 49.9 Å². The van der Waals surface area contributed by atoms with E-state index in [9.17, 15) is 0 Å². The standard InChI is InChI=1S/C21H32N6O.HI/c1-22-21(23-10-2-3-13-26-15-17-28-18-16-26)24-12-9-19-5-7-20(8-6-19)27-14-4-11-25-27;/h4-8,11,14H,2-3,9-10,12-13,15-18H2,1H3,(H2,22,23,24);1H. The zero-order valence-corrected chi connectivity index (χ0v) is 19.5. The van der Waals surface area contributed by atoms with Crippen molar-refractivity contribution in [2.45, 2.75) is 19.3 Å². The summed E-state index contributed by atoms with van der Waals surface area (Å²) in [7, 11) is 1.82. The minimum Gasteiger partial charge on any atom is -0.379 e. The first-order chi connectivity index (χ1) is 13.8. The lowest BCUT2D eigenvalue weighted by atomic mass is 10.1. The van der Waals surface area contributed by atoms with Crippen LogP contribution >= 0.6 is 24.0 Å². The maximum atomic E-state index is 5.38. The summed E-state index contributed by atoms with van der Waals surface area (Å²) in [4.78, 5) is 6.79. The fraction of sp³-hybridized carbons (Fsp3) is 0.524. The quantitative estimate of drug-likeness (QED) is 0.234. The molecule has 0 aliphatic carbocycles. The van der Waals surface area contributed by atoms with Crippen LogP contribution < -0.4 is 10.6 Å². The van der Waals surface area contributed by atoms with Crippen LogP contribution in [0.15, 0.2) is 47.7 Å². The predicted molar refractivity (Wildman–Crippen MR) is 129 cm³/mol. The van der Waals surface area contributed by atoms with Crippen molar-refractivity contribution in [3.63, 3.8) is 0 Å². The molecule has 0 spiro atoms. The van der Waals surface area contributed by atoms with Gasteiger partial charge in [-0.15, -0.1) is 24.0 Å². The number of morpholine rings is 1. The normalized spacial score (nSPS) is 15.0. The highest BCUT2D eigenvalue weighted by molar-refractivity contribution is 14.0. The largest absolute Gasteiger partial charge is 0.379 e. The second kappa shape index (κ2) is 13.6. The number of nitrogens with one attached hydrogen (secondary N) is 2. The number of halogens is 1. The third-order valence-corrected chi connectivity index (χ3v) is 4.93. The summed E-state index contributed by atoms with van der Waals surface area (Å²) in [5.74, 6) is 0.875. The van der Waals surface area contributed by atoms with E-state index in [1.165, 1.54) is 12.0 Å². The molecule has 8 heteroatoms. The minimum absolute atomic E-state index is 0. The van der Waals surface area contributed by atoms with Gasteiger partial charge in [0.15, 0.2) is 5.96 Å². The van der Waals surface area contributed by atoms with Crippen LogP contribution in [0, 0.1) is 0 Å². The van der Waals surface area contributed by atoms with E-state index >= 15 is 0 Å². The van der Waals surface area contributed by atoms with Gasteiger partial charge in [0.05, 0.1) is 18.9 Å². The molecular weight excluding hydrogens is 479 g/mol. The number of guanidine groups is 1. The summed E-state index contributed by atoms with van der Waals surface area (Å²) in [5, 5.41) is 11.1. The molecule has 160 valence electrons. The fourth-order valence-electron chi connectivity index (χ4n) is 3.27. The van der Waals surface area contributed by atoms with Crippen LogP contribution in [0.1, 0.15) is 18.4 Å². The molecule has 1 aliphatic rings. The van der Waals surface area contributed by atoms with Crippen molar-refractivity contribution in [3.8, 4) is 5.69 Å². The minimum atomic E-state index is 0. The van der Waals surface area contributed by atoms with E-state index in [1.54, 1.807) is 6.20 Å². The maximum Gasteiger partial charge on any atom is 0.190 e. The van der Waals surface area contributed by atoms with Crippen molar-refractivity contribution in [3.05, 3.63) is 48.3 Å². The number of hydrogen-bond donors (Lipinski definition) is 2. The Morgan fingerprint density at radius 2 is 1.86 bits per heavy atom. The Hall–Kier alpha value is -1.65. The van der Waals surface area contributed by atoms with Crippen molar-refractivity contribution >= 4 is 29.9 Å². The number of unbranched alkanes of at least 4 members (excludes halogenated alkanes) is 1. The summed E-state index contributed by atoms with van der Waals surface area (Å²) in [6, 6.07) is 10.4. The van der Waals surface area contributed by atoms with Gasteiger partial charge in [0.1, 0.15) is 0 Å². The maximum absolute atomic E-state index is 5.38. The van der Waals surface area contributed by atoms with E-state index in [-0.39, 0.29) is 24.0 Å². The zero-order valence-electron chi connectivity index (χ0n) is 17.2. The Labute approximate surface area is 190 Å². The Morgan fingerprint density at radius 3 is 2.55 bits per heavy atom. The first kappa shape index (κ1) is 23.6. The summed E-state index contributed by atoms with van der Waals surface area (Å²) >= 11 is 0. The SMILES string of the molecule is CN=C(NCCCCN1CCOCC1)NCCc1ccc(-n2cccn2)cc1.I. The van der Waals surface area contributed by atoms with Gasteiger partial charge < -0.3 is 15.4 Å². The lowest BCUT2D eigenvalue weighted by molar-refractivity contribution is 0.0372. The van der Waals surface area contributed by atoms with Crippen LogP contribution in [0.2, 0.25) is 0 Å². The molecule has 0 atom stereocenters. The summed E-state index contributed by atoms with van der Waals surface area (Å²) in [6.07, 6.45) is 7.04. The van der Waals surface area contributed by atoms with Crippen LogP contribution in [-0.4, -0.2) is 73.6 Å². The molecule has 2 heterocycles. The highest BCUT2D eigenvalue weighted by Crippen LogP contribution is 2.08. The molecule has 0 bridgehead atoms. The molecule has 7 nitrogen and oxygen atoms in total. The second-order valence-electron chi connectivity index (χ2n) is 6.95. The number of hydrogen-bond acceptors (Lipinski definition) is 4. The smallest absolute Gasteiger partial charge is 0.190 e. The van der Waals surface area contributed by atoms with Gasteiger partial charge in [0.25, 0.3) is 0 Å². The lowest BCUT2D eigenvalue weighted by Crippen LogP contribution is -2.39. The number of aliphatic imine (C=N–C) groups is 1. The van der Waals surface area contributed by atoms with Crippen LogP contribution in [0.5, 0.6) is 0 Å². The van der Waals surface area contributed by atoms with E-state index in [0.717, 1.165) is 70.4 Å². The van der Waals surface area contributed by atoms with Gasteiger partial charge >= 0.3 is 0 Å². The highest BCUT2D eigenvalue weighted by atomic mass is 127. The Balaban J connectivity index is 0.00000300. The average Bonchev–Trinajstić information content (AvgIpc) is 3.28. The fourth-order valence-corrected chi connectivity index (χ4v) is 3.27. The summed E-state index contributed by atoms with van der Waals surface area (Å²) in [5.41, 5.74) is 2.38. The van der Waals surface area contributed by atoms with E-state index in [1.807, 2.05) is 24.0 Å². The Morgan fingerprint density at radius 1 is 1.10 bits per heavy atom. The van der Waals surface area contributed by atoms with Gasteiger partial charge in [0, 0.05) is 45.6 Å². The molecule has 0 radical (unpaired) electrons. The number of nitrogens with zero attached hydrogens (tertiary/aromatic N) is 4. The van der Waals surface area contributed by atoms with Crippen molar-refractivity contribution in [2.75, 3.05) is 53.0 Å². The zero-order chi connectivity index (χ0) is 19.4. The second-order valence-corrected chi connectivity index (χ2v) is 6.95. The number of benzene rings is 1.